The zero-order valence-electron chi connectivity index (χ0n) is 21.0. The van der Waals surface area contributed by atoms with Crippen molar-refractivity contribution in [1.82, 2.24) is 0 Å². The standard InChI is InChI=1S/C26H21Cl2N3O6S.Na/c1-3-37-21-12-16(27)8-9-20(21)29-26(33)19-11-15-6-4-5-7-18(15)24(25(19)32)31-30-23-14(2)10-17(28)13-22(23)38(34,35)36;/h4-13,32H,3H2,1-2H3,(H,29,33)(H,34,35,36);/q;+1/p-1. The molecule has 0 radical (unpaired) electrons. The predicted octanol–water partition coefficient (Wildman–Crippen LogP) is 3.85. The predicted molar refractivity (Wildman–Crippen MR) is 144 cm³/mol. The van der Waals surface area contributed by atoms with Gasteiger partial charge in [0.1, 0.15) is 16.3 Å². The van der Waals surface area contributed by atoms with Crippen LogP contribution in [0.15, 0.2) is 75.8 Å². The van der Waals surface area contributed by atoms with E-state index in [1.165, 1.54) is 19.1 Å². The molecule has 0 fully saturated rings. The Morgan fingerprint density at radius 2 is 1.72 bits per heavy atom. The molecule has 39 heavy (non-hydrogen) atoms. The molecular formula is C26H20Cl2N3NaO6S. The second-order valence-corrected chi connectivity index (χ2v) is 10.4. The number of benzene rings is 4. The third-order valence-electron chi connectivity index (χ3n) is 5.47. The average molecular weight is 596 g/mol. The van der Waals surface area contributed by atoms with Gasteiger partial charge >= 0.3 is 29.6 Å². The molecule has 0 bridgehead atoms. The number of nitrogens with one attached hydrogen (secondary N) is 1. The second kappa shape index (κ2) is 12.6. The molecule has 2 N–H and O–H groups in total. The van der Waals surface area contributed by atoms with Crippen molar-refractivity contribution in [2.75, 3.05) is 11.9 Å². The van der Waals surface area contributed by atoms with E-state index in [1.54, 1.807) is 49.4 Å². The average Bonchev–Trinajstić information content (AvgIpc) is 2.85. The van der Waals surface area contributed by atoms with Crippen molar-refractivity contribution < 1.29 is 57.2 Å². The number of ether oxygens (including phenoxy) is 1. The van der Waals surface area contributed by atoms with Crippen LogP contribution >= 0.6 is 23.2 Å². The van der Waals surface area contributed by atoms with Gasteiger partial charge in [0, 0.05) is 27.1 Å². The van der Waals surface area contributed by atoms with Crippen LogP contribution in [0.4, 0.5) is 17.1 Å². The van der Waals surface area contributed by atoms with Crippen LogP contribution in [-0.2, 0) is 10.1 Å². The summed E-state index contributed by atoms with van der Waals surface area (Å²) in [6, 6.07) is 15.3. The van der Waals surface area contributed by atoms with Gasteiger partial charge in [-0.05, 0) is 55.1 Å². The molecule has 0 atom stereocenters. The molecule has 9 nitrogen and oxygen atoms in total. The molecule has 1 amide bonds. The number of hydrogen-bond donors (Lipinski definition) is 2. The maximum absolute atomic E-state index is 13.5. The molecule has 13 heteroatoms. The van der Waals surface area contributed by atoms with Crippen molar-refractivity contribution in [3.05, 3.63) is 81.8 Å². The number of amides is 1. The fourth-order valence-electron chi connectivity index (χ4n) is 3.77. The Balaban J connectivity index is 0.00000420. The number of anilines is 1. The zero-order chi connectivity index (χ0) is 27.6. The van der Waals surface area contributed by atoms with Crippen LogP contribution in [0.3, 0.4) is 0 Å². The van der Waals surface area contributed by atoms with Crippen LogP contribution in [0.2, 0.25) is 10.0 Å². The van der Waals surface area contributed by atoms with Gasteiger partial charge < -0.3 is 15.2 Å². The quantitative estimate of drug-likeness (QED) is 0.189. The largest absolute Gasteiger partial charge is 1.00 e. The Labute approximate surface area is 256 Å². The Hall–Kier alpha value is -2.70. The topological polar surface area (TPSA) is 140 Å². The third kappa shape index (κ3) is 6.90. The van der Waals surface area contributed by atoms with Crippen LogP contribution in [0, 0.1) is 6.92 Å². The number of carbonyl (C=O) groups excluding carboxylic acids is 1. The number of carbonyl (C=O) groups is 1. The van der Waals surface area contributed by atoms with E-state index < -0.39 is 26.7 Å². The number of aryl methyl sites for hydroxylation is 1. The van der Waals surface area contributed by atoms with Gasteiger partial charge in [0.2, 0.25) is 0 Å². The molecule has 4 rings (SSSR count). The first-order valence-electron chi connectivity index (χ1n) is 11.2. The van der Waals surface area contributed by atoms with Crippen molar-refractivity contribution in [1.29, 1.82) is 0 Å². The van der Waals surface area contributed by atoms with E-state index in [-0.39, 0.29) is 51.5 Å². The van der Waals surface area contributed by atoms with Gasteiger partial charge in [-0.15, -0.1) is 5.11 Å². The molecule has 0 spiro atoms. The minimum absolute atomic E-state index is 0. The van der Waals surface area contributed by atoms with Crippen LogP contribution in [0.1, 0.15) is 22.8 Å². The van der Waals surface area contributed by atoms with E-state index in [2.05, 4.69) is 15.5 Å². The van der Waals surface area contributed by atoms with Gasteiger partial charge in [-0.1, -0.05) is 53.2 Å². The van der Waals surface area contributed by atoms with Gasteiger partial charge in [-0.25, -0.2) is 0 Å². The van der Waals surface area contributed by atoms with Crippen molar-refractivity contribution >= 4 is 67.1 Å². The van der Waals surface area contributed by atoms with Gasteiger partial charge in [0.05, 0.1) is 18.0 Å². The fraction of sp³-hybridized carbons (Fsp3) is 0.115. The molecule has 0 aliphatic heterocycles. The number of halogens is 2. The Bertz CT molecular complexity index is 1710. The van der Waals surface area contributed by atoms with Crippen LogP contribution in [0.25, 0.3) is 10.8 Å². The van der Waals surface area contributed by atoms with Crippen LogP contribution in [0.5, 0.6) is 11.5 Å². The minimum atomic E-state index is -4.71. The Morgan fingerprint density at radius 1 is 1.03 bits per heavy atom. The number of azo groups is 1. The first-order valence-corrected chi connectivity index (χ1v) is 13.3. The number of fused-ring (bicyclic) bond motifs is 1. The molecular weight excluding hydrogens is 576 g/mol. The molecule has 196 valence electrons. The van der Waals surface area contributed by atoms with Crippen molar-refractivity contribution in [3.8, 4) is 11.5 Å². The van der Waals surface area contributed by atoms with E-state index in [1.807, 2.05) is 0 Å². The number of nitrogens with zero attached hydrogens (tertiary/aromatic N) is 2. The molecule has 0 aliphatic carbocycles. The molecule has 4 aromatic rings. The van der Waals surface area contributed by atoms with Gasteiger partial charge in [0.25, 0.3) is 16.0 Å². The van der Waals surface area contributed by atoms with Crippen molar-refractivity contribution in [2.45, 2.75) is 18.7 Å². The molecule has 0 aromatic heterocycles. The monoisotopic (exact) mass is 595 g/mol. The maximum atomic E-state index is 13.5. The normalized spacial score (nSPS) is 11.4. The molecule has 0 saturated carbocycles. The van der Waals surface area contributed by atoms with Crippen LogP contribution < -0.4 is 44.7 Å². The summed E-state index contributed by atoms with van der Waals surface area (Å²) < 4.78 is 39.0. The maximum Gasteiger partial charge on any atom is 1.00 e. The first kappa shape index (κ1) is 30.8. The number of hydrogen-bond acceptors (Lipinski definition) is 7. The summed E-state index contributed by atoms with van der Waals surface area (Å²) in [6.07, 6.45) is 0. The van der Waals surface area contributed by atoms with E-state index in [4.69, 9.17) is 27.9 Å². The second-order valence-electron chi connectivity index (χ2n) is 8.10. The van der Waals surface area contributed by atoms with Crippen molar-refractivity contribution in [3.63, 3.8) is 0 Å². The molecule has 0 saturated heterocycles. The summed E-state index contributed by atoms with van der Waals surface area (Å²) in [5.41, 5.74) is -0.00190. The Kier molecular flexibility index (Phi) is 10.0. The minimum Gasteiger partial charge on any atom is -0.870 e. The van der Waals surface area contributed by atoms with Crippen LogP contribution in [-0.4, -0.2) is 25.5 Å². The zero-order valence-corrected chi connectivity index (χ0v) is 25.4. The molecule has 0 aliphatic rings. The van der Waals surface area contributed by atoms with Gasteiger partial charge in [0.15, 0.2) is 0 Å². The number of rotatable bonds is 7. The summed E-state index contributed by atoms with van der Waals surface area (Å²) in [6.45, 7) is 3.63. The SMILES string of the molecule is CCOc1cc(Cl)ccc1NC(=O)c1cc2ccccc2c(N=Nc2c(C)cc(Cl)cc2S(=O)(=O)O)c1[O-].[Na+]. The smallest absolute Gasteiger partial charge is 0.870 e. The summed E-state index contributed by atoms with van der Waals surface area (Å²) >= 11 is 12.0. The van der Waals surface area contributed by atoms with Gasteiger partial charge in [-0.3, -0.25) is 9.35 Å². The molecule has 4 aromatic carbocycles. The van der Waals surface area contributed by atoms with E-state index in [9.17, 15) is 22.9 Å². The molecule has 0 unspecified atom stereocenters. The first-order chi connectivity index (χ1) is 18.0. The fourth-order valence-corrected chi connectivity index (χ4v) is 4.99. The van der Waals surface area contributed by atoms with Crippen molar-refractivity contribution in [2.24, 2.45) is 10.2 Å². The van der Waals surface area contributed by atoms with Gasteiger partial charge in [-0.2, -0.15) is 13.5 Å². The van der Waals surface area contributed by atoms with E-state index in [0.29, 0.717) is 39.4 Å². The summed E-state index contributed by atoms with van der Waals surface area (Å²) in [4.78, 5) is 12.7. The summed E-state index contributed by atoms with van der Waals surface area (Å²) in [5.74, 6) is -1.13. The third-order valence-corrected chi connectivity index (χ3v) is 6.79. The summed E-state index contributed by atoms with van der Waals surface area (Å²) in [5, 5.41) is 25.6. The summed E-state index contributed by atoms with van der Waals surface area (Å²) in [7, 11) is -4.71. The Morgan fingerprint density at radius 3 is 2.41 bits per heavy atom. The van der Waals surface area contributed by atoms with E-state index >= 15 is 0 Å². The van der Waals surface area contributed by atoms with E-state index in [0.717, 1.165) is 6.07 Å². The molecule has 0 heterocycles.